The fourth-order valence-electron chi connectivity index (χ4n) is 1.44. The Bertz CT molecular complexity index is 298. The molecule has 0 aromatic heterocycles. The summed E-state index contributed by atoms with van der Waals surface area (Å²) in [5.41, 5.74) is 1.37. The molecule has 0 spiro atoms. The van der Waals surface area contributed by atoms with Gasteiger partial charge >= 0.3 is 8.25 Å². The van der Waals surface area contributed by atoms with E-state index in [4.69, 9.17) is 14.4 Å². The molecule has 0 saturated carbocycles. The molecule has 0 unspecified atom stereocenters. The van der Waals surface area contributed by atoms with E-state index in [1.54, 1.807) is 0 Å². The molecule has 0 amide bonds. The fourth-order valence-corrected chi connectivity index (χ4v) is 1.44. The molecule has 1 aromatic carbocycles. The lowest BCUT2D eigenvalue weighted by atomic mass is 10.1. The van der Waals surface area contributed by atoms with Crippen molar-refractivity contribution in [2.24, 2.45) is 0 Å². The van der Waals surface area contributed by atoms with Crippen LogP contribution in [0.4, 0.5) is 0 Å². The van der Waals surface area contributed by atoms with Crippen molar-refractivity contribution in [3.63, 3.8) is 0 Å². The van der Waals surface area contributed by atoms with E-state index in [0.717, 1.165) is 6.54 Å². The minimum atomic E-state index is -2.87. The van der Waals surface area contributed by atoms with E-state index in [0.29, 0.717) is 6.04 Å². The van der Waals surface area contributed by atoms with Crippen LogP contribution in [-0.2, 0) is 11.1 Å². The molecule has 5 heteroatoms. The fraction of sp³-hybridized carbons (Fsp3) is 0.500. The zero-order valence-corrected chi connectivity index (χ0v) is 11.2. The number of hydrogen-bond acceptors (Lipinski definition) is 2. The first-order valence-electron chi connectivity index (χ1n) is 5.72. The highest BCUT2D eigenvalue weighted by Crippen LogP contribution is 2.01. The zero-order valence-electron chi connectivity index (χ0n) is 10.3. The van der Waals surface area contributed by atoms with Crippen LogP contribution in [0.15, 0.2) is 30.3 Å². The van der Waals surface area contributed by atoms with E-state index >= 15 is 0 Å². The third-order valence-electron chi connectivity index (χ3n) is 2.42. The van der Waals surface area contributed by atoms with Crippen molar-refractivity contribution < 1.29 is 14.4 Å². The molecule has 3 N–H and O–H groups in total. The summed E-state index contributed by atoms with van der Waals surface area (Å²) in [5, 5.41) is 3.54. The topological polar surface area (TPSA) is 69.6 Å². The van der Waals surface area contributed by atoms with E-state index in [9.17, 15) is 0 Å². The van der Waals surface area contributed by atoms with Gasteiger partial charge in [-0.25, -0.2) is 0 Å². The zero-order chi connectivity index (χ0) is 13.1. The van der Waals surface area contributed by atoms with Gasteiger partial charge in [0.1, 0.15) is 0 Å². The summed E-state index contributed by atoms with van der Waals surface area (Å²) in [4.78, 5) is 14.2. The monoisotopic (exact) mass is 258 g/mol. The van der Waals surface area contributed by atoms with Crippen LogP contribution in [0.5, 0.6) is 0 Å². The summed E-state index contributed by atoms with van der Waals surface area (Å²) in [5.74, 6) is 0. The Kier molecular flexibility index (Phi) is 9.87. The van der Waals surface area contributed by atoms with Gasteiger partial charge in [0.25, 0.3) is 0 Å². The summed E-state index contributed by atoms with van der Waals surface area (Å²) >= 11 is 0. The predicted octanol–water partition coefficient (Wildman–Crippen LogP) is 2.59. The number of hydrogen-bond donors (Lipinski definition) is 3. The minimum absolute atomic E-state index is 0.667. The van der Waals surface area contributed by atoms with Crippen molar-refractivity contribution in [2.45, 2.75) is 39.3 Å². The molecule has 0 saturated heterocycles. The van der Waals surface area contributed by atoms with E-state index in [1.165, 1.54) is 18.4 Å². The maximum Gasteiger partial charge on any atom is 0.692 e. The van der Waals surface area contributed by atoms with Gasteiger partial charge in [0.05, 0.1) is 0 Å². The summed E-state index contributed by atoms with van der Waals surface area (Å²) in [7, 11) is -2.87. The third kappa shape index (κ3) is 10.1. The van der Waals surface area contributed by atoms with Crippen LogP contribution in [0.2, 0.25) is 0 Å². The van der Waals surface area contributed by atoms with Gasteiger partial charge in [0.2, 0.25) is 0 Å². The van der Waals surface area contributed by atoms with Crippen LogP contribution in [0.25, 0.3) is 0 Å². The van der Waals surface area contributed by atoms with Gasteiger partial charge in [-0.15, -0.1) is 9.79 Å². The summed E-state index contributed by atoms with van der Waals surface area (Å²) < 4.78 is 8.70. The first kappa shape index (κ1) is 16.2. The van der Waals surface area contributed by atoms with Gasteiger partial charge in [0, 0.05) is 17.2 Å². The Morgan fingerprint density at radius 1 is 1.18 bits per heavy atom. The highest BCUT2D eigenvalue weighted by molar-refractivity contribution is 7.30. The highest BCUT2D eigenvalue weighted by atomic mass is 31.1. The van der Waals surface area contributed by atoms with Crippen molar-refractivity contribution in [1.29, 1.82) is 0 Å². The first-order valence-corrected chi connectivity index (χ1v) is 6.88. The Labute approximate surface area is 104 Å². The largest absolute Gasteiger partial charge is 0.692 e. The second-order valence-corrected chi connectivity index (χ2v) is 4.14. The molecule has 0 atom stereocenters. The maximum absolute atomic E-state index is 8.70. The van der Waals surface area contributed by atoms with Gasteiger partial charge in [-0.2, -0.15) is 0 Å². The second-order valence-electron chi connectivity index (χ2n) is 3.63. The third-order valence-corrected chi connectivity index (χ3v) is 2.42. The quantitative estimate of drug-likeness (QED) is 0.710. The number of benzene rings is 1. The van der Waals surface area contributed by atoms with E-state index in [-0.39, 0.29) is 0 Å². The van der Waals surface area contributed by atoms with Gasteiger partial charge in [0.15, 0.2) is 0 Å². The van der Waals surface area contributed by atoms with Crippen molar-refractivity contribution in [2.75, 3.05) is 0 Å². The van der Waals surface area contributed by atoms with Crippen molar-refractivity contribution in [3.05, 3.63) is 35.9 Å². The maximum atomic E-state index is 8.70. The molecule has 0 aliphatic carbocycles. The Morgan fingerprint density at radius 3 is 2.06 bits per heavy atom. The molecule has 1 rings (SSSR count). The lowest BCUT2D eigenvalue weighted by Crippen LogP contribution is -2.26. The SMILES string of the molecule is CCC(CC)NCc1ccccc1.O=[P+](O)O. The summed E-state index contributed by atoms with van der Waals surface area (Å²) in [6.07, 6.45) is 2.42. The van der Waals surface area contributed by atoms with Gasteiger partial charge in [-0.1, -0.05) is 44.2 Å². The van der Waals surface area contributed by atoms with Crippen LogP contribution < -0.4 is 5.32 Å². The molecule has 0 bridgehead atoms. The van der Waals surface area contributed by atoms with Crippen LogP contribution >= 0.6 is 8.25 Å². The second kappa shape index (κ2) is 10.4. The minimum Gasteiger partial charge on any atom is -0.310 e. The van der Waals surface area contributed by atoms with Crippen LogP contribution in [0.3, 0.4) is 0 Å². The average Bonchev–Trinajstić information content (AvgIpc) is 2.31. The van der Waals surface area contributed by atoms with Gasteiger partial charge < -0.3 is 5.32 Å². The Balaban J connectivity index is 0.000000557. The molecule has 4 nitrogen and oxygen atoms in total. The van der Waals surface area contributed by atoms with Crippen molar-refractivity contribution >= 4 is 8.25 Å². The van der Waals surface area contributed by atoms with E-state index in [1.807, 2.05) is 0 Å². The van der Waals surface area contributed by atoms with Gasteiger partial charge in [-0.3, -0.25) is 0 Å². The molecule has 0 heterocycles. The molecule has 0 aliphatic rings. The standard InChI is InChI=1S/C12H19N.HO3P/c1-3-12(4-2)13-10-11-8-6-5-7-9-11;1-4(2)3/h5-9,12-13H,3-4,10H2,1-2H3;(H-,1,2,3)/p+1. The molecular weight excluding hydrogens is 237 g/mol. The molecule has 0 radical (unpaired) electrons. The van der Waals surface area contributed by atoms with Crippen LogP contribution in [0, 0.1) is 0 Å². The summed E-state index contributed by atoms with van der Waals surface area (Å²) in [6.45, 7) is 5.45. The summed E-state index contributed by atoms with van der Waals surface area (Å²) in [6, 6.07) is 11.2. The average molecular weight is 258 g/mol. The van der Waals surface area contributed by atoms with Crippen LogP contribution in [-0.4, -0.2) is 15.8 Å². The molecule has 0 fully saturated rings. The van der Waals surface area contributed by atoms with Crippen molar-refractivity contribution in [3.8, 4) is 0 Å². The van der Waals surface area contributed by atoms with Crippen LogP contribution in [0.1, 0.15) is 32.3 Å². The van der Waals surface area contributed by atoms with Gasteiger partial charge in [-0.05, 0) is 18.4 Å². The number of rotatable bonds is 5. The highest BCUT2D eigenvalue weighted by Gasteiger charge is 2.00. The smallest absolute Gasteiger partial charge is 0.310 e. The molecule has 96 valence electrons. The van der Waals surface area contributed by atoms with E-state index in [2.05, 4.69) is 49.5 Å². The molecular formula is C12H21NO3P+. The van der Waals surface area contributed by atoms with E-state index < -0.39 is 8.25 Å². The lowest BCUT2D eigenvalue weighted by molar-refractivity contribution is 0.405. The Hall–Kier alpha value is -0.800. The molecule has 0 aliphatic heterocycles. The normalized spacial score (nSPS) is 9.71. The van der Waals surface area contributed by atoms with Crippen molar-refractivity contribution in [1.82, 2.24) is 5.32 Å². The lowest BCUT2D eigenvalue weighted by Gasteiger charge is -2.14. The molecule has 1 aromatic rings. The number of nitrogens with one attached hydrogen (secondary N) is 1. The predicted molar refractivity (Wildman–Crippen MR) is 69.7 cm³/mol. The first-order chi connectivity index (χ1) is 8.10. The Morgan fingerprint density at radius 2 is 1.65 bits per heavy atom. The molecule has 17 heavy (non-hydrogen) atoms.